The fourth-order valence-electron chi connectivity index (χ4n) is 2.17. The van der Waals surface area contributed by atoms with E-state index >= 15 is 0 Å². The Hall–Kier alpha value is -0.920. The molecule has 1 fully saturated rings. The number of rotatable bonds is 5. The number of nitrogens with one attached hydrogen (secondary N) is 2. The Labute approximate surface area is 108 Å². The maximum absolute atomic E-state index is 11.9. The number of piperidine rings is 1. The molecular weight excluding hydrogens is 252 g/mol. The Balaban J connectivity index is 1.82. The fourth-order valence-corrected chi connectivity index (χ4v) is 3.19. The summed E-state index contributed by atoms with van der Waals surface area (Å²) >= 11 is 0. The van der Waals surface area contributed by atoms with Crippen LogP contribution in [0, 0.1) is 5.92 Å². The zero-order valence-corrected chi connectivity index (χ0v) is 11.4. The average molecular weight is 272 g/mol. The molecule has 2 N–H and O–H groups in total. The van der Waals surface area contributed by atoms with Gasteiger partial charge in [-0.1, -0.05) is 0 Å². The van der Waals surface area contributed by atoms with Gasteiger partial charge in [-0.15, -0.1) is 0 Å². The number of imidazole rings is 1. The summed E-state index contributed by atoms with van der Waals surface area (Å²) in [4.78, 5) is 3.86. The third-order valence-electron chi connectivity index (χ3n) is 3.26. The van der Waals surface area contributed by atoms with Crippen molar-refractivity contribution < 1.29 is 8.42 Å². The molecule has 1 aliphatic heterocycles. The van der Waals surface area contributed by atoms with E-state index in [0.717, 1.165) is 32.4 Å². The van der Waals surface area contributed by atoms with Gasteiger partial charge in [0.05, 0.1) is 6.33 Å². The minimum atomic E-state index is -3.44. The molecule has 2 rings (SSSR count). The van der Waals surface area contributed by atoms with Crippen LogP contribution in [0.4, 0.5) is 0 Å². The summed E-state index contributed by atoms with van der Waals surface area (Å²) in [6, 6.07) is 0. The quantitative estimate of drug-likeness (QED) is 0.796. The number of aromatic nitrogens is 2. The molecule has 0 bridgehead atoms. The predicted octanol–water partition coefficient (Wildman–Crippen LogP) is 0.0881. The summed E-state index contributed by atoms with van der Waals surface area (Å²) in [6.45, 7) is 2.57. The summed E-state index contributed by atoms with van der Waals surface area (Å²) in [5, 5.41) is 3.39. The highest BCUT2D eigenvalue weighted by molar-refractivity contribution is 7.89. The van der Waals surface area contributed by atoms with Gasteiger partial charge in [-0.3, -0.25) is 0 Å². The zero-order chi connectivity index (χ0) is 13.0. The molecule has 1 saturated heterocycles. The Kier molecular flexibility index (Phi) is 4.36. The number of hydrogen-bond acceptors (Lipinski definition) is 4. The summed E-state index contributed by atoms with van der Waals surface area (Å²) in [7, 11) is -1.69. The van der Waals surface area contributed by atoms with E-state index in [1.54, 1.807) is 11.6 Å². The standard InChI is InChI=1S/C11H20N4O2S/c1-15-8-11(13-9-15)18(16,17)14-7-4-10-2-5-12-6-3-10/h8-10,12,14H,2-7H2,1H3. The molecule has 6 nitrogen and oxygen atoms in total. The number of sulfonamides is 1. The second kappa shape index (κ2) is 5.81. The summed E-state index contributed by atoms with van der Waals surface area (Å²) in [5.41, 5.74) is 0. The van der Waals surface area contributed by atoms with Gasteiger partial charge in [0.15, 0.2) is 5.03 Å². The number of hydrogen-bond donors (Lipinski definition) is 2. The van der Waals surface area contributed by atoms with E-state index in [4.69, 9.17) is 0 Å². The lowest BCUT2D eigenvalue weighted by Gasteiger charge is -2.22. The fraction of sp³-hybridized carbons (Fsp3) is 0.727. The monoisotopic (exact) mass is 272 g/mol. The molecule has 0 aromatic carbocycles. The molecule has 0 atom stereocenters. The smallest absolute Gasteiger partial charge is 0.259 e. The van der Waals surface area contributed by atoms with Gasteiger partial charge < -0.3 is 9.88 Å². The van der Waals surface area contributed by atoms with Crippen LogP contribution in [-0.4, -0.2) is 37.6 Å². The van der Waals surface area contributed by atoms with Crippen LogP contribution >= 0.6 is 0 Å². The van der Waals surface area contributed by atoms with Gasteiger partial charge >= 0.3 is 0 Å². The van der Waals surface area contributed by atoms with E-state index in [0.29, 0.717) is 12.5 Å². The van der Waals surface area contributed by atoms with Crippen LogP contribution in [0.25, 0.3) is 0 Å². The molecule has 1 aliphatic rings. The topological polar surface area (TPSA) is 76.0 Å². The Bertz CT molecular complexity index is 477. The first-order valence-corrected chi connectivity index (χ1v) is 7.74. The number of nitrogens with zero attached hydrogens (tertiary/aromatic N) is 2. The van der Waals surface area contributed by atoms with Crippen molar-refractivity contribution in [3.63, 3.8) is 0 Å². The van der Waals surface area contributed by atoms with Crippen LogP contribution in [0.3, 0.4) is 0 Å². The first-order chi connectivity index (χ1) is 8.58. The van der Waals surface area contributed by atoms with Crippen LogP contribution in [-0.2, 0) is 17.1 Å². The minimum absolute atomic E-state index is 0.0929. The second-order valence-electron chi connectivity index (χ2n) is 4.76. The van der Waals surface area contributed by atoms with Crippen molar-refractivity contribution in [2.24, 2.45) is 13.0 Å². The van der Waals surface area contributed by atoms with Gasteiger partial charge in [0.25, 0.3) is 10.0 Å². The third kappa shape index (κ3) is 3.54. The SMILES string of the molecule is Cn1cnc(S(=O)(=O)NCCC2CCNCC2)c1. The first kappa shape index (κ1) is 13.5. The highest BCUT2D eigenvalue weighted by Gasteiger charge is 2.18. The van der Waals surface area contributed by atoms with Crippen molar-refractivity contribution >= 4 is 10.0 Å². The molecule has 1 aromatic rings. The van der Waals surface area contributed by atoms with E-state index in [2.05, 4.69) is 15.0 Å². The normalized spacial score (nSPS) is 18.1. The van der Waals surface area contributed by atoms with Crippen LogP contribution in [0.1, 0.15) is 19.3 Å². The van der Waals surface area contributed by atoms with Crippen molar-refractivity contribution in [1.82, 2.24) is 19.6 Å². The Morgan fingerprint density at radius 1 is 1.50 bits per heavy atom. The predicted molar refractivity (Wildman–Crippen MR) is 68.6 cm³/mol. The zero-order valence-electron chi connectivity index (χ0n) is 10.6. The van der Waals surface area contributed by atoms with Crippen molar-refractivity contribution in [3.05, 3.63) is 12.5 Å². The maximum atomic E-state index is 11.9. The van der Waals surface area contributed by atoms with Gasteiger partial charge in [-0.25, -0.2) is 18.1 Å². The van der Waals surface area contributed by atoms with Crippen molar-refractivity contribution in [2.45, 2.75) is 24.3 Å². The van der Waals surface area contributed by atoms with E-state index < -0.39 is 10.0 Å². The van der Waals surface area contributed by atoms with Crippen molar-refractivity contribution in [3.8, 4) is 0 Å². The third-order valence-corrected chi connectivity index (χ3v) is 4.61. The van der Waals surface area contributed by atoms with Gasteiger partial charge in [0, 0.05) is 19.8 Å². The summed E-state index contributed by atoms with van der Waals surface area (Å²) in [6.07, 6.45) is 6.15. The van der Waals surface area contributed by atoms with Gasteiger partial charge in [0.1, 0.15) is 0 Å². The van der Waals surface area contributed by atoms with E-state index in [-0.39, 0.29) is 5.03 Å². The molecule has 0 radical (unpaired) electrons. The molecule has 7 heteroatoms. The highest BCUT2D eigenvalue weighted by Crippen LogP contribution is 2.15. The summed E-state index contributed by atoms with van der Waals surface area (Å²) in [5.74, 6) is 0.623. The molecule has 0 spiro atoms. The van der Waals surface area contributed by atoms with Gasteiger partial charge in [-0.2, -0.15) is 0 Å². The van der Waals surface area contributed by atoms with Crippen molar-refractivity contribution in [1.29, 1.82) is 0 Å². The molecule has 0 saturated carbocycles. The average Bonchev–Trinajstić information content (AvgIpc) is 2.78. The highest BCUT2D eigenvalue weighted by atomic mass is 32.2. The molecular formula is C11H20N4O2S. The van der Waals surface area contributed by atoms with Crippen LogP contribution in [0.2, 0.25) is 0 Å². The molecule has 2 heterocycles. The first-order valence-electron chi connectivity index (χ1n) is 6.26. The molecule has 18 heavy (non-hydrogen) atoms. The molecule has 0 unspecified atom stereocenters. The minimum Gasteiger partial charge on any atom is -0.339 e. The van der Waals surface area contributed by atoms with E-state index in [1.165, 1.54) is 12.5 Å². The van der Waals surface area contributed by atoms with Gasteiger partial charge in [0.2, 0.25) is 0 Å². The lowest BCUT2D eigenvalue weighted by molar-refractivity contribution is 0.354. The maximum Gasteiger partial charge on any atom is 0.259 e. The largest absolute Gasteiger partial charge is 0.339 e. The molecule has 0 amide bonds. The summed E-state index contributed by atoms with van der Waals surface area (Å²) < 4.78 is 28.0. The van der Waals surface area contributed by atoms with Gasteiger partial charge in [-0.05, 0) is 38.3 Å². The number of aryl methyl sites for hydroxylation is 1. The van der Waals surface area contributed by atoms with E-state index in [9.17, 15) is 8.42 Å². The van der Waals surface area contributed by atoms with Crippen LogP contribution in [0.5, 0.6) is 0 Å². The van der Waals surface area contributed by atoms with Crippen LogP contribution in [0.15, 0.2) is 17.6 Å². The van der Waals surface area contributed by atoms with Crippen LogP contribution < -0.4 is 10.0 Å². The Morgan fingerprint density at radius 3 is 2.83 bits per heavy atom. The molecule has 102 valence electrons. The second-order valence-corrected chi connectivity index (χ2v) is 6.47. The van der Waals surface area contributed by atoms with Crippen molar-refractivity contribution in [2.75, 3.05) is 19.6 Å². The molecule has 0 aliphatic carbocycles. The lowest BCUT2D eigenvalue weighted by Crippen LogP contribution is -2.31. The van der Waals surface area contributed by atoms with E-state index in [1.807, 2.05) is 0 Å². The molecule has 1 aromatic heterocycles. The lowest BCUT2D eigenvalue weighted by atomic mass is 9.95. The Morgan fingerprint density at radius 2 is 2.22 bits per heavy atom.